The van der Waals surface area contributed by atoms with E-state index in [4.69, 9.17) is 27.4 Å². The lowest BCUT2D eigenvalue weighted by Gasteiger charge is -2.13. The van der Waals surface area contributed by atoms with E-state index < -0.39 is 10.1 Å². The molecular formula is C17H13Cl2NO3S. The van der Waals surface area contributed by atoms with Crippen molar-refractivity contribution in [3.8, 4) is 5.75 Å². The fraction of sp³-hybridized carbons (Fsp3) is 0.118. The van der Waals surface area contributed by atoms with Crippen LogP contribution in [0.5, 0.6) is 5.75 Å². The molecule has 0 fully saturated rings. The Labute approximate surface area is 150 Å². The molecule has 0 saturated heterocycles. The van der Waals surface area contributed by atoms with Gasteiger partial charge in [0, 0.05) is 11.6 Å². The van der Waals surface area contributed by atoms with Gasteiger partial charge in [-0.2, -0.15) is 8.42 Å². The lowest BCUT2D eigenvalue weighted by atomic mass is 10.2. The van der Waals surface area contributed by atoms with E-state index in [0.29, 0.717) is 21.5 Å². The van der Waals surface area contributed by atoms with Crippen LogP contribution in [0.1, 0.15) is 11.1 Å². The first-order chi connectivity index (χ1) is 11.3. The summed E-state index contributed by atoms with van der Waals surface area (Å²) in [7, 11) is -4.06. The first kappa shape index (κ1) is 17.0. The largest absolute Gasteiger partial charge is 0.375 e. The summed E-state index contributed by atoms with van der Waals surface area (Å²) in [5, 5.41) is 1.02. The summed E-state index contributed by atoms with van der Waals surface area (Å²) in [6.45, 7) is 3.51. The second kappa shape index (κ2) is 6.24. The zero-order valence-electron chi connectivity index (χ0n) is 12.9. The minimum atomic E-state index is -4.06. The van der Waals surface area contributed by atoms with Crippen molar-refractivity contribution in [1.29, 1.82) is 0 Å². The van der Waals surface area contributed by atoms with Crippen molar-refractivity contribution in [3.05, 3.63) is 63.8 Å². The molecule has 0 saturated carbocycles. The lowest BCUT2D eigenvalue weighted by Crippen LogP contribution is -2.12. The van der Waals surface area contributed by atoms with E-state index in [1.165, 1.54) is 12.3 Å². The molecule has 0 atom stereocenters. The molecule has 0 aliphatic rings. The summed E-state index contributed by atoms with van der Waals surface area (Å²) in [6.07, 6.45) is 1.52. The normalized spacial score (nSPS) is 11.7. The highest BCUT2D eigenvalue weighted by atomic mass is 35.5. The minimum Gasteiger partial charge on any atom is -0.375 e. The van der Waals surface area contributed by atoms with Crippen LogP contribution in [0.25, 0.3) is 10.9 Å². The van der Waals surface area contributed by atoms with Crippen molar-refractivity contribution in [2.24, 2.45) is 0 Å². The second-order valence-corrected chi connectivity index (χ2v) is 7.70. The third-order valence-electron chi connectivity index (χ3n) is 3.56. The maximum absolute atomic E-state index is 12.7. The fourth-order valence-electron chi connectivity index (χ4n) is 2.36. The molecule has 2 aromatic carbocycles. The fourth-order valence-corrected chi connectivity index (χ4v) is 4.23. The zero-order chi connectivity index (χ0) is 17.5. The summed E-state index contributed by atoms with van der Waals surface area (Å²) >= 11 is 12.3. The van der Waals surface area contributed by atoms with Gasteiger partial charge < -0.3 is 4.18 Å². The first-order valence-electron chi connectivity index (χ1n) is 7.04. The van der Waals surface area contributed by atoms with E-state index in [-0.39, 0.29) is 15.7 Å². The number of nitrogens with zero attached hydrogens (tertiary/aromatic N) is 1. The SMILES string of the molecule is Cc1ccc(C)c(S(=O)(=O)Oc2c(Cl)cc(Cl)c3cccnc23)c1. The van der Waals surface area contributed by atoms with Crippen LogP contribution < -0.4 is 4.18 Å². The van der Waals surface area contributed by atoms with Gasteiger partial charge in [0.15, 0.2) is 5.75 Å². The molecule has 1 aromatic heterocycles. The lowest BCUT2D eigenvalue weighted by molar-refractivity contribution is 0.487. The third-order valence-corrected chi connectivity index (χ3v) is 5.51. The van der Waals surface area contributed by atoms with E-state index in [2.05, 4.69) is 4.98 Å². The maximum atomic E-state index is 12.7. The van der Waals surface area contributed by atoms with Gasteiger partial charge in [0.05, 0.1) is 10.0 Å². The zero-order valence-corrected chi connectivity index (χ0v) is 15.2. The number of rotatable bonds is 3. The van der Waals surface area contributed by atoms with Crippen molar-refractivity contribution in [1.82, 2.24) is 4.98 Å². The number of hydrogen-bond acceptors (Lipinski definition) is 4. The predicted octanol–water partition coefficient (Wildman–Crippen LogP) is 4.93. The molecule has 24 heavy (non-hydrogen) atoms. The Bertz CT molecular complexity index is 1050. The maximum Gasteiger partial charge on any atom is 0.339 e. The average molecular weight is 382 g/mol. The molecular weight excluding hydrogens is 369 g/mol. The van der Waals surface area contributed by atoms with Crippen LogP contribution in [0.4, 0.5) is 0 Å². The highest BCUT2D eigenvalue weighted by Gasteiger charge is 2.23. The number of halogens is 2. The van der Waals surface area contributed by atoms with Crippen LogP contribution >= 0.6 is 23.2 Å². The van der Waals surface area contributed by atoms with E-state index in [1.807, 2.05) is 13.0 Å². The summed E-state index contributed by atoms with van der Waals surface area (Å²) < 4.78 is 30.8. The van der Waals surface area contributed by atoms with E-state index in [1.54, 1.807) is 31.2 Å². The molecule has 3 rings (SSSR count). The average Bonchev–Trinajstić information content (AvgIpc) is 2.53. The Hall–Kier alpha value is -1.82. The highest BCUT2D eigenvalue weighted by molar-refractivity contribution is 7.87. The van der Waals surface area contributed by atoms with Gasteiger partial charge in [0.1, 0.15) is 10.4 Å². The van der Waals surface area contributed by atoms with Crippen molar-refractivity contribution in [3.63, 3.8) is 0 Å². The number of fused-ring (bicyclic) bond motifs is 1. The smallest absolute Gasteiger partial charge is 0.339 e. The molecule has 1 heterocycles. The Balaban J connectivity index is 2.18. The molecule has 0 aliphatic heterocycles. The number of aromatic nitrogens is 1. The predicted molar refractivity (Wildman–Crippen MR) is 95.5 cm³/mol. The molecule has 0 amide bonds. The number of aryl methyl sites for hydroxylation is 2. The summed E-state index contributed by atoms with van der Waals surface area (Å²) in [5.41, 5.74) is 1.69. The molecule has 0 spiro atoms. The first-order valence-corrected chi connectivity index (χ1v) is 9.20. The van der Waals surface area contributed by atoms with Gasteiger partial charge in [-0.05, 0) is 49.2 Å². The Morgan fingerprint density at radius 1 is 1.04 bits per heavy atom. The van der Waals surface area contributed by atoms with Gasteiger partial charge in [0.2, 0.25) is 0 Å². The standard InChI is InChI=1S/C17H13Cl2NO3S/c1-10-5-6-11(2)15(8-10)24(21,22)23-17-14(19)9-13(18)12-4-3-7-20-16(12)17/h3-9H,1-2H3. The van der Waals surface area contributed by atoms with Crippen LogP contribution in [0.3, 0.4) is 0 Å². The molecule has 7 heteroatoms. The molecule has 0 bridgehead atoms. The quantitative estimate of drug-likeness (QED) is 0.603. The Morgan fingerprint density at radius 3 is 2.54 bits per heavy atom. The van der Waals surface area contributed by atoms with E-state index in [0.717, 1.165) is 5.56 Å². The molecule has 3 aromatic rings. The van der Waals surface area contributed by atoms with Gasteiger partial charge in [0.25, 0.3) is 0 Å². The highest BCUT2D eigenvalue weighted by Crippen LogP contribution is 2.38. The van der Waals surface area contributed by atoms with Gasteiger partial charge in [-0.3, -0.25) is 4.98 Å². The minimum absolute atomic E-state index is 0.0300. The molecule has 0 radical (unpaired) electrons. The summed E-state index contributed by atoms with van der Waals surface area (Å²) in [4.78, 5) is 4.26. The summed E-state index contributed by atoms with van der Waals surface area (Å²) in [5.74, 6) is -0.0300. The second-order valence-electron chi connectivity index (χ2n) is 5.38. The van der Waals surface area contributed by atoms with Crippen LogP contribution in [0.15, 0.2) is 47.5 Å². The van der Waals surface area contributed by atoms with Gasteiger partial charge in [-0.15, -0.1) is 0 Å². The molecule has 0 aliphatic carbocycles. The molecule has 124 valence electrons. The Kier molecular flexibility index (Phi) is 4.42. The number of pyridine rings is 1. The topological polar surface area (TPSA) is 56.3 Å². The van der Waals surface area contributed by atoms with Crippen LogP contribution in [0, 0.1) is 13.8 Å². The van der Waals surface area contributed by atoms with Crippen molar-refractivity contribution in [2.75, 3.05) is 0 Å². The monoisotopic (exact) mass is 381 g/mol. The van der Waals surface area contributed by atoms with Crippen LogP contribution in [-0.4, -0.2) is 13.4 Å². The Morgan fingerprint density at radius 2 is 1.79 bits per heavy atom. The van der Waals surface area contributed by atoms with E-state index in [9.17, 15) is 8.42 Å². The van der Waals surface area contributed by atoms with Crippen molar-refractivity contribution in [2.45, 2.75) is 18.7 Å². The molecule has 0 N–H and O–H groups in total. The van der Waals surface area contributed by atoms with Gasteiger partial charge in [-0.1, -0.05) is 35.3 Å². The van der Waals surface area contributed by atoms with E-state index >= 15 is 0 Å². The van der Waals surface area contributed by atoms with Gasteiger partial charge >= 0.3 is 10.1 Å². The van der Waals surface area contributed by atoms with Crippen molar-refractivity contribution < 1.29 is 12.6 Å². The van der Waals surface area contributed by atoms with Crippen molar-refractivity contribution >= 4 is 44.2 Å². The summed E-state index contributed by atoms with van der Waals surface area (Å²) in [6, 6.07) is 9.99. The molecule has 0 unspecified atom stereocenters. The van der Waals surface area contributed by atoms with Gasteiger partial charge in [-0.25, -0.2) is 0 Å². The third kappa shape index (κ3) is 3.07. The van der Waals surface area contributed by atoms with Crippen LogP contribution in [0.2, 0.25) is 10.0 Å². The number of hydrogen-bond donors (Lipinski definition) is 0. The molecule has 4 nitrogen and oxygen atoms in total. The number of benzene rings is 2. The van der Waals surface area contributed by atoms with Crippen LogP contribution in [-0.2, 0) is 10.1 Å².